The van der Waals surface area contributed by atoms with Crippen LogP contribution >= 0.6 is 0 Å². The molecule has 40 heavy (non-hydrogen) atoms. The SMILES string of the molecule is Cc1c(C)n(Cc2ccc(-c3ccccc3)cc2)c2ccc(C(=O)N[C@H](C)c3ccc(F)cc3C(F)(F)F)cc12. The standard InChI is InChI=1S/C33H28F4N2O/c1-20-22(3)39(19-23-9-11-25(12-10-23)24-7-5-4-6-8-24)31-16-13-26(17-29(20)31)32(40)38-21(2)28-15-14-27(34)18-30(28)33(35,36)37/h4-18,21H,19H2,1-3H3,(H,38,40)/t21-/m1/s1. The molecule has 1 heterocycles. The number of aromatic nitrogens is 1. The predicted octanol–water partition coefficient (Wildman–Crippen LogP) is 8.62. The molecule has 5 aromatic rings. The monoisotopic (exact) mass is 544 g/mol. The van der Waals surface area contributed by atoms with Gasteiger partial charge in [0.15, 0.2) is 0 Å². The first-order chi connectivity index (χ1) is 19.0. The number of alkyl halides is 3. The van der Waals surface area contributed by atoms with Crippen molar-refractivity contribution in [2.75, 3.05) is 0 Å². The predicted molar refractivity (Wildman–Crippen MR) is 150 cm³/mol. The zero-order valence-corrected chi connectivity index (χ0v) is 22.3. The molecule has 0 radical (unpaired) electrons. The first-order valence-corrected chi connectivity index (χ1v) is 12.9. The molecule has 204 valence electrons. The lowest BCUT2D eigenvalue weighted by molar-refractivity contribution is -0.138. The van der Waals surface area contributed by atoms with Crippen molar-refractivity contribution in [3.63, 3.8) is 0 Å². The van der Waals surface area contributed by atoms with Crippen molar-refractivity contribution in [3.05, 3.63) is 130 Å². The van der Waals surface area contributed by atoms with Gasteiger partial charge in [0.25, 0.3) is 5.91 Å². The van der Waals surface area contributed by atoms with E-state index in [-0.39, 0.29) is 5.56 Å². The van der Waals surface area contributed by atoms with Gasteiger partial charge >= 0.3 is 6.18 Å². The Hall–Kier alpha value is -4.39. The summed E-state index contributed by atoms with van der Waals surface area (Å²) in [6.45, 7) is 6.13. The number of nitrogens with one attached hydrogen (secondary N) is 1. The van der Waals surface area contributed by atoms with Gasteiger partial charge in [0, 0.05) is 28.7 Å². The van der Waals surface area contributed by atoms with Crippen LogP contribution in [-0.2, 0) is 12.7 Å². The van der Waals surface area contributed by atoms with Gasteiger partial charge in [0.05, 0.1) is 11.6 Å². The molecule has 3 nitrogen and oxygen atoms in total. The Kier molecular flexibility index (Phi) is 7.23. The highest BCUT2D eigenvalue weighted by molar-refractivity contribution is 5.99. The van der Waals surface area contributed by atoms with E-state index >= 15 is 0 Å². The number of nitrogens with zero attached hydrogens (tertiary/aromatic N) is 1. The average Bonchev–Trinajstić information content (AvgIpc) is 3.17. The molecule has 1 atom stereocenters. The van der Waals surface area contributed by atoms with Crippen LogP contribution in [0.4, 0.5) is 17.6 Å². The van der Waals surface area contributed by atoms with Crippen LogP contribution in [-0.4, -0.2) is 10.5 Å². The molecule has 5 rings (SSSR count). The van der Waals surface area contributed by atoms with Gasteiger partial charge in [-0.2, -0.15) is 13.2 Å². The average molecular weight is 545 g/mol. The Labute approximate surface area is 230 Å². The summed E-state index contributed by atoms with van der Waals surface area (Å²) < 4.78 is 56.2. The lowest BCUT2D eigenvalue weighted by atomic mass is 10.00. The minimum absolute atomic E-state index is 0.195. The van der Waals surface area contributed by atoms with Gasteiger partial charge in [-0.05, 0) is 78.9 Å². The van der Waals surface area contributed by atoms with Crippen LogP contribution in [0.1, 0.15) is 51.3 Å². The van der Waals surface area contributed by atoms with E-state index < -0.39 is 29.5 Å². The molecule has 0 saturated heterocycles. The minimum atomic E-state index is -4.74. The number of fused-ring (bicyclic) bond motifs is 1. The van der Waals surface area contributed by atoms with Crippen molar-refractivity contribution in [1.82, 2.24) is 9.88 Å². The summed E-state index contributed by atoms with van der Waals surface area (Å²) in [6, 6.07) is 25.4. The van der Waals surface area contributed by atoms with E-state index in [4.69, 9.17) is 0 Å². The number of aryl methyl sites for hydroxylation is 1. The highest BCUT2D eigenvalue weighted by atomic mass is 19.4. The molecule has 0 aliphatic rings. The van der Waals surface area contributed by atoms with Gasteiger partial charge in [0.1, 0.15) is 5.82 Å². The van der Waals surface area contributed by atoms with E-state index in [0.29, 0.717) is 18.2 Å². The summed E-state index contributed by atoms with van der Waals surface area (Å²) in [5.41, 5.74) is 5.52. The third-order valence-electron chi connectivity index (χ3n) is 7.44. The highest BCUT2D eigenvalue weighted by Gasteiger charge is 2.35. The first-order valence-electron chi connectivity index (χ1n) is 12.9. The van der Waals surface area contributed by atoms with Crippen molar-refractivity contribution >= 4 is 16.8 Å². The van der Waals surface area contributed by atoms with E-state index in [2.05, 4.69) is 46.3 Å². The van der Waals surface area contributed by atoms with Crippen LogP contribution in [0.2, 0.25) is 0 Å². The van der Waals surface area contributed by atoms with E-state index in [9.17, 15) is 22.4 Å². The summed E-state index contributed by atoms with van der Waals surface area (Å²) >= 11 is 0. The first kappa shape index (κ1) is 27.2. The van der Waals surface area contributed by atoms with Crippen LogP contribution in [0.15, 0.2) is 91.0 Å². The van der Waals surface area contributed by atoms with Crippen LogP contribution in [0.25, 0.3) is 22.0 Å². The van der Waals surface area contributed by atoms with E-state index in [0.717, 1.165) is 51.0 Å². The second-order valence-electron chi connectivity index (χ2n) is 10.0. The van der Waals surface area contributed by atoms with E-state index in [1.165, 1.54) is 6.92 Å². The topological polar surface area (TPSA) is 34.0 Å². The zero-order valence-electron chi connectivity index (χ0n) is 22.3. The summed E-state index contributed by atoms with van der Waals surface area (Å²) in [5, 5.41) is 3.54. The Morgan fingerprint density at radius 1 is 0.875 bits per heavy atom. The van der Waals surface area contributed by atoms with E-state index in [1.54, 1.807) is 12.1 Å². The minimum Gasteiger partial charge on any atom is -0.346 e. The fraction of sp³-hybridized carbons (Fsp3) is 0.182. The number of carbonyl (C=O) groups is 1. The Balaban J connectivity index is 1.38. The molecule has 7 heteroatoms. The molecule has 0 fully saturated rings. The molecule has 0 aliphatic carbocycles. The molecule has 4 aromatic carbocycles. The van der Waals surface area contributed by atoms with Crippen LogP contribution in [0.3, 0.4) is 0 Å². The molecule has 0 aliphatic heterocycles. The van der Waals surface area contributed by atoms with Crippen LogP contribution < -0.4 is 5.32 Å². The third-order valence-corrected chi connectivity index (χ3v) is 7.44. The maximum absolute atomic E-state index is 13.5. The summed E-state index contributed by atoms with van der Waals surface area (Å²) in [5.74, 6) is -1.49. The summed E-state index contributed by atoms with van der Waals surface area (Å²) in [7, 11) is 0. The summed E-state index contributed by atoms with van der Waals surface area (Å²) in [6.07, 6.45) is -4.74. The smallest absolute Gasteiger partial charge is 0.346 e. The zero-order chi connectivity index (χ0) is 28.6. The lowest BCUT2D eigenvalue weighted by Crippen LogP contribution is -2.28. The second-order valence-corrected chi connectivity index (χ2v) is 10.0. The number of carbonyl (C=O) groups excluding carboxylic acids is 1. The number of amides is 1. The molecule has 1 amide bonds. The summed E-state index contributed by atoms with van der Waals surface area (Å²) in [4.78, 5) is 13.1. The molecule has 0 spiro atoms. The molecule has 0 unspecified atom stereocenters. The van der Waals surface area contributed by atoms with Crippen molar-refractivity contribution in [2.45, 2.75) is 39.5 Å². The second kappa shape index (κ2) is 10.6. The molecule has 0 saturated carbocycles. The van der Waals surface area contributed by atoms with Crippen LogP contribution in [0.5, 0.6) is 0 Å². The number of hydrogen-bond donors (Lipinski definition) is 1. The fourth-order valence-corrected chi connectivity index (χ4v) is 5.12. The van der Waals surface area contributed by atoms with Gasteiger partial charge in [-0.1, -0.05) is 60.7 Å². The molecule has 1 N–H and O–H groups in total. The van der Waals surface area contributed by atoms with Crippen molar-refractivity contribution in [2.24, 2.45) is 0 Å². The molecule has 1 aromatic heterocycles. The van der Waals surface area contributed by atoms with Crippen LogP contribution in [0, 0.1) is 19.7 Å². The Morgan fingerprint density at radius 2 is 1.55 bits per heavy atom. The Morgan fingerprint density at radius 3 is 2.23 bits per heavy atom. The van der Waals surface area contributed by atoms with Gasteiger partial charge in [-0.25, -0.2) is 4.39 Å². The van der Waals surface area contributed by atoms with Crippen molar-refractivity contribution < 1.29 is 22.4 Å². The lowest BCUT2D eigenvalue weighted by Gasteiger charge is -2.20. The molecular formula is C33H28F4N2O. The number of rotatable bonds is 6. The number of benzene rings is 4. The highest BCUT2D eigenvalue weighted by Crippen LogP contribution is 2.35. The van der Waals surface area contributed by atoms with E-state index in [1.807, 2.05) is 38.1 Å². The largest absolute Gasteiger partial charge is 0.416 e. The maximum Gasteiger partial charge on any atom is 0.416 e. The fourth-order valence-electron chi connectivity index (χ4n) is 5.12. The van der Waals surface area contributed by atoms with Gasteiger partial charge in [0.2, 0.25) is 0 Å². The van der Waals surface area contributed by atoms with Crippen molar-refractivity contribution in [3.8, 4) is 11.1 Å². The van der Waals surface area contributed by atoms with Gasteiger partial charge in [-0.3, -0.25) is 4.79 Å². The maximum atomic E-state index is 13.5. The van der Waals surface area contributed by atoms with Gasteiger partial charge in [-0.15, -0.1) is 0 Å². The molecule has 0 bridgehead atoms. The van der Waals surface area contributed by atoms with Gasteiger partial charge < -0.3 is 9.88 Å². The quantitative estimate of drug-likeness (QED) is 0.213. The Bertz CT molecular complexity index is 1690. The third kappa shape index (κ3) is 5.37. The van der Waals surface area contributed by atoms with Crippen molar-refractivity contribution in [1.29, 1.82) is 0 Å². The normalized spacial score (nSPS) is 12.5. The molecular weight excluding hydrogens is 516 g/mol. The number of halogens is 4. The number of hydrogen-bond acceptors (Lipinski definition) is 1.